The molecule has 1 atom stereocenters. The van der Waals surface area contributed by atoms with Crippen LogP contribution in [0.4, 0.5) is 11.4 Å². The number of hydrogen-bond acceptors (Lipinski definition) is 4. The number of rotatable bonds is 6. The summed E-state index contributed by atoms with van der Waals surface area (Å²) in [5.41, 5.74) is 1.66. The highest BCUT2D eigenvalue weighted by Crippen LogP contribution is 2.45. The van der Waals surface area contributed by atoms with Gasteiger partial charge in [0, 0.05) is 22.9 Å². The Morgan fingerprint density at radius 2 is 2.00 bits per heavy atom. The van der Waals surface area contributed by atoms with Crippen molar-refractivity contribution >= 4 is 22.1 Å². The van der Waals surface area contributed by atoms with Crippen LogP contribution < -0.4 is 4.90 Å². The molecular weight excluding hydrogens is 276 g/mol. The summed E-state index contributed by atoms with van der Waals surface area (Å²) >= 11 is 0. The van der Waals surface area contributed by atoms with Gasteiger partial charge in [0.1, 0.15) is 11.4 Å². The smallest absolute Gasteiger partial charge is 0.147 e. The van der Waals surface area contributed by atoms with E-state index in [1.54, 1.807) is 18.3 Å². The predicted octanol–water partition coefficient (Wildman–Crippen LogP) is 5.25. The molecule has 0 heterocycles. The number of nitrogens with zero attached hydrogens (tertiary/aromatic N) is 2. The molecule has 1 N–H and O–H groups in total. The van der Waals surface area contributed by atoms with Crippen molar-refractivity contribution in [2.45, 2.75) is 27.2 Å². The largest absolute Gasteiger partial charge is 0.505 e. The van der Waals surface area contributed by atoms with E-state index in [1.165, 1.54) is 0 Å². The Balaban J connectivity index is 2.72. The first-order chi connectivity index (χ1) is 10.5. The lowest BCUT2D eigenvalue weighted by Gasteiger charge is -2.27. The zero-order valence-electron chi connectivity index (χ0n) is 13.3. The highest BCUT2D eigenvalue weighted by atomic mass is 16.3. The molecule has 0 aliphatic carbocycles. The second kappa shape index (κ2) is 6.60. The van der Waals surface area contributed by atoms with Gasteiger partial charge in [0.2, 0.25) is 0 Å². The van der Waals surface area contributed by atoms with Crippen LogP contribution in [-0.4, -0.2) is 11.7 Å². The summed E-state index contributed by atoms with van der Waals surface area (Å²) in [5, 5.41) is 15.2. The fourth-order valence-electron chi connectivity index (χ4n) is 2.71. The normalized spacial score (nSPS) is 12.1. The third-order valence-corrected chi connectivity index (χ3v) is 4.18. The van der Waals surface area contributed by atoms with Gasteiger partial charge in [0.15, 0.2) is 0 Å². The standard InChI is InChI=1S/C18H22N2O2/c1-5-12(3)11-20(6-2)17-13(4)16(19-22)14-9-7-8-10-15(14)18(17)21/h6-10,12,21H,2,5,11H2,1,3-4H3. The van der Waals surface area contributed by atoms with Gasteiger partial charge in [-0.15, -0.1) is 4.91 Å². The Hall–Kier alpha value is -2.36. The van der Waals surface area contributed by atoms with E-state index in [0.717, 1.165) is 13.0 Å². The van der Waals surface area contributed by atoms with Crippen LogP contribution in [0.5, 0.6) is 5.75 Å². The Morgan fingerprint density at radius 1 is 1.36 bits per heavy atom. The Morgan fingerprint density at radius 3 is 2.55 bits per heavy atom. The highest BCUT2D eigenvalue weighted by molar-refractivity contribution is 6.03. The first kappa shape index (κ1) is 16.0. The van der Waals surface area contributed by atoms with Gasteiger partial charge in [-0.1, -0.05) is 51.1 Å². The summed E-state index contributed by atoms with van der Waals surface area (Å²) in [6.07, 6.45) is 2.72. The minimum atomic E-state index is 0.170. The van der Waals surface area contributed by atoms with Crippen molar-refractivity contribution in [3.8, 4) is 5.75 Å². The minimum absolute atomic E-state index is 0.170. The van der Waals surface area contributed by atoms with Crippen molar-refractivity contribution in [2.75, 3.05) is 11.4 Å². The molecule has 0 aromatic heterocycles. The lowest BCUT2D eigenvalue weighted by molar-refractivity contribution is 0.478. The molecule has 22 heavy (non-hydrogen) atoms. The number of phenolic OH excluding ortho intramolecular Hbond substituents is 1. The van der Waals surface area contributed by atoms with Crippen molar-refractivity contribution in [3.05, 3.63) is 47.5 Å². The van der Waals surface area contributed by atoms with Crippen LogP contribution in [0.15, 0.2) is 42.2 Å². The lowest BCUT2D eigenvalue weighted by atomic mass is 10.00. The Bertz CT molecular complexity index is 710. The molecule has 0 aliphatic rings. The predicted molar refractivity (Wildman–Crippen MR) is 92.8 cm³/mol. The van der Waals surface area contributed by atoms with Gasteiger partial charge in [-0.25, -0.2) is 0 Å². The molecule has 2 aromatic carbocycles. The third-order valence-electron chi connectivity index (χ3n) is 4.18. The van der Waals surface area contributed by atoms with Crippen LogP contribution in [0.3, 0.4) is 0 Å². The number of nitroso groups, excluding NO2 is 1. The van der Waals surface area contributed by atoms with Crippen LogP contribution >= 0.6 is 0 Å². The molecule has 0 fully saturated rings. The van der Waals surface area contributed by atoms with Gasteiger partial charge in [-0.2, -0.15) is 0 Å². The second-order valence-electron chi connectivity index (χ2n) is 5.66. The van der Waals surface area contributed by atoms with E-state index in [-0.39, 0.29) is 5.75 Å². The Labute approximate surface area is 131 Å². The molecule has 0 bridgehead atoms. The summed E-state index contributed by atoms with van der Waals surface area (Å²) < 4.78 is 0. The van der Waals surface area contributed by atoms with Crippen LogP contribution in [-0.2, 0) is 0 Å². The SMILES string of the molecule is C=CN(CC(C)CC)c1c(C)c(N=O)c2ccccc2c1O. The minimum Gasteiger partial charge on any atom is -0.505 e. The van der Waals surface area contributed by atoms with Crippen LogP contribution in [0.1, 0.15) is 25.8 Å². The van der Waals surface area contributed by atoms with Crippen molar-refractivity contribution in [1.82, 2.24) is 0 Å². The monoisotopic (exact) mass is 298 g/mol. The van der Waals surface area contributed by atoms with E-state index in [4.69, 9.17) is 0 Å². The number of aromatic hydroxyl groups is 1. The average molecular weight is 298 g/mol. The molecule has 0 amide bonds. The Kier molecular flexibility index (Phi) is 4.81. The van der Waals surface area contributed by atoms with Gasteiger partial charge >= 0.3 is 0 Å². The van der Waals surface area contributed by atoms with E-state index in [0.29, 0.717) is 33.6 Å². The molecule has 116 valence electrons. The molecule has 2 rings (SSSR count). The van der Waals surface area contributed by atoms with Gasteiger partial charge in [-0.05, 0) is 24.2 Å². The van der Waals surface area contributed by atoms with E-state index >= 15 is 0 Å². The van der Waals surface area contributed by atoms with E-state index in [1.807, 2.05) is 24.0 Å². The summed E-state index contributed by atoms with van der Waals surface area (Å²) in [4.78, 5) is 13.2. The second-order valence-corrected chi connectivity index (χ2v) is 5.66. The average Bonchev–Trinajstić information content (AvgIpc) is 2.54. The molecule has 4 nitrogen and oxygen atoms in total. The van der Waals surface area contributed by atoms with Crippen LogP contribution in [0.2, 0.25) is 0 Å². The molecule has 0 spiro atoms. The summed E-state index contributed by atoms with van der Waals surface area (Å²) in [6, 6.07) is 7.27. The lowest BCUT2D eigenvalue weighted by Crippen LogP contribution is -2.23. The van der Waals surface area contributed by atoms with E-state index in [2.05, 4.69) is 25.6 Å². The van der Waals surface area contributed by atoms with Gasteiger partial charge in [0.25, 0.3) is 0 Å². The number of phenols is 1. The molecule has 0 saturated heterocycles. The van der Waals surface area contributed by atoms with Crippen LogP contribution in [0.25, 0.3) is 10.8 Å². The molecule has 4 heteroatoms. The van der Waals surface area contributed by atoms with Gasteiger partial charge in [0.05, 0.1) is 5.69 Å². The number of fused-ring (bicyclic) bond motifs is 1. The third kappa shape index (κ3) is 2.69. The van der Waals surface area contributed by atoms with E-state index in [9.17, 15) is 10.0 Å². The molecule has 0 radical (unpaired) electrons. The summed E-state index contributed by atoms with van der Waals surface area (Å²) in [6.45, 7) is 10.7. The molecule has 2 aromatic rings. The zero-order chi connectivity index (χ0) is 16.3. The molecule has 0 saturated carbocycles. The van der Waals surface area contributed by atoms with Crippen molar-refractivity contribution in [3.63, 3.8) is 0 Å². The van der Waals surface area contributed by atoms with Gasteiger partial charge < -0.3 is 10.0 Å². The maximum absolute atomic E-state index is 11.3. The highest BCUT2D eigenvalue weighted by Gasteiger charge is 2.21. The first-order valence-corrected chi connectivity index (χ1v) is 7.51. The molecule has 0 aliphatic heterocycles. The quantitative estimate of drug-likeness (QED) is 0.741. The number of hydrogen-bond donors (Lipinski definition) is 1. The van der Waals surface area contributed by atoms with E-state index < -0.39 is 0 Å². The van der Waals surface area contributed by atoms with Crippen LogP contribution in [0, 0.1) is 17.7 Å². The maximum atomic E-state index is 11.3. The zero-order valence-corrected chi connectivity index (χ0v) is 13.3. The number of benzene rings is 2. The van der Waals surface area contributed by atoms with Gasteiger partial charge in [-0.3, -0.25) is 0 Å². The van der Waals surface area contributed by atoms with Crippen molar-refractivity contribution < 1.29 is 5.11 Å². The first-order valence-electron chi connectivity index (χ1n) is 7.51. The fraction of sp³-hybridized carbons (Fsp3) is 0.333. The summed E-state index contributed by atoms with van der Waals surface area (Å²) in [5.74, 6) is 0.611. The van der Waals surface area contributed by atoms with Crippen molar-refractivity contribution in [1.29, 1.82) is 0 Å². The topological polar surface area (TPSA) is 52.9 Å². The van der Waals surface area contributed by atoms with Crippen molar-refractivity contribution in [2.24, 2.45) is 11.1 Å². The number of anilines is 1. The molecular formula is C18H22N2O2. The maximum Gasteiger partial charge on any atom is 0.147 e. The fourth-order valence-corrected chi connectivity index (χ4v) is 2.71. The summed E-state index contributed by atoms with van der Waals surface area (Å²) in [7, 11) is 0. The molecule has 1 unspecified atom stereocenters.